The van der Waals surface area contributed by atoms with Crippen LogP contribution in [0.3, 0.4) is 0 Å². The highest BCUT2D eigenvalue weighted by Crippen LogP contribution is 2.37. The second kappa shape index (κ2) is 6.31. The zero-order valence-electron chi connectivity index (χ0n) is 10.3. The van der Waals surface area contributed by atoms with Gasteiger partial charge in [-0.3, -0.25) is 10.1 Å². The molecule has 0 spiro atoms. The molecule has 2 rings (SSSR count). The summed E-state index contributed by atoms with van der Waals surface area (Å²) in [6.07, 6.45) is 0. The molecule has 0 aliphatic rings. The van der Waals surface area contributed by atoms with Crippen LogP contribution in [0.25, 0.3) is 0 Å². The molecule has 0 saturated heterocycles. The predicted octanol–water partition coefficient (Wildman–Crippen LogP) is 5.19. The molecule has 0 aliphatic carbocycles. The molecule has 0 radical (unpaired) electrons. The molecule has 0 unspecified atom stereocenters. The van der Waals surface area contributed by atoms with Gasteiger partial charge in [-0.2, -0.15) is 10.4 Å². The first-order valence-corrected chi connectivity index (χ1v) is 6.32. The highest BCUT2D eigenvalue weighted by molar-refractivity contribution is 6.39. The van der Waals surface area contributed by atoms with Gasteiger partial charge in [0.15, 0.2) is 0 Å². The van der Waals surface area contributed by atoms with Crippen molar-refractivity contribution in [2.75, 3.05) is 0 Å². The third-order valence-corrected chi connectivity index (χ3v) is 3.05. The van der Waals surface area contributed by atoms with Gasteiger partial charge in [0.2, 0.25) is 0 Å². The van der Waals surface area contributed by atoms with Crippen LogP contribution in [-0.4, -0.2) is 4.92 Å². The summed E-state index contributed by atoms with van der Waals surface area (Å²) in [5.74, 6) is 0. The Labute approximate surface area is 129 Å². The number of nitro groups is 1. The van der Waals surface area contributed by atoms with Crippen molar-refractivity contribution >= 4 is 40.3 Å². The molecule has 2 aromatic carbocycles. The Morgan fingerprint density at radius 2 is 1.67 bits per heavy atom. The van der Waals surface area contributed by atoms with Gasteiger partial charge in [0, 0.05) is 12.1 Å². The summed E-state index contributed by atoms with van der Waals surface area (Å²) < 4.78 is 0. The van der Waals surface area contributed by atoms with Crippen molar-refractivity contribution in [2.24, 2.45) is 10.2 Å². The van der Waals surface area contributed by atoms with Gasteiger partial charge in [-0.05, 0) is 24.3 Å². The molecule has 0 aromatic heterocycles. The van der Waals surface area contributed by atoms with Crippen molar-refractivity contribution < 1.29 is 4.92 Å². The summed E-state index contributed by atoms with van der Waals surface area (Å²) in [6, 6.07) is 10.7. The van der Waals surface area contributed by atoms with Gasteiger partial charge in [0.1, 0.15) is 5.69 Å². The van der Waals surface area contributed by atoms with Crippen molar-refractivity contribution in [1.82, 2.24) is 0 Å². The number of non-ortho nitro benzene ring substituents is 1. The lowest BCUT2D eigenvalue weighted by molar-refractivity contribution is -0.384. The van der Waals surface area contributed by atoms with Crippen LogP contribution in [0.4, 0.5) is 17.1 Å². The number of nitriles is 1. The standard InChI is InChI=1S/C13H6Cl2N4O2/c14-11-5-10(19(20)21)6-12(15)13(11)18-17-9-3-1-8(7-16)2-4-9/h1-6H. The molecular formula is C13H6Cl2N4O2. The van der Waals surface area contributed by atoms with Crippen molar-refractivity contribution in [1.29, 1.82) is 5.26 Å². The van der Waals surface area contributed by atoms with E-state index < -0.39 is 4.92 Å². The van der Waals surface area contributed by atoms with Crippen LogP contribution in [0.1, 0.15) is 5.56 Å². The maximum atomic E-state index is 10.7. The minimum absolute atomic E-state index is 0.0339. The van der Waals surface area contributed by atoms with E-state index in [4.69, 9.17) is 28.5 Å². The summed E-state index contributed by atoms with van der Waals surface area (Å²) in [6.45, 7) is 0. The van der Waals surface area contributed by atoms with Crippen LogP contribution >= 0.6 is 23.2 Å². The number of halogens is 2. The van der Waals surface area contributed by atoms with Crippen LogP contribution in [0.2, 0.25) is 10.0 Å². The fourth-order valence-corrected chi connectivity index (χ4v) is 2.01. The Kier molecular flexibility index (Phi) is 4.48. The third-order valence-electron chi connectivity index (χ3n) is 2.47. The van der Waals surface area contributed by atoms with Gasteiger partial charge in [-0.1, -0.05) is 23.2 Å². The lowest BCUT2D eigenvalue weighted by Gasteiger charge is -2.00. The molecule has 8 heteroatoms. The molecule has 0 bridgehead atoms. The zero-order chi connectivity index (χ0) is 15.4. The number of rotatable bonds is 3. The average Bonchev–Trinajstić information content (AvgIpc) is 2.46. The van der Waals surface area contributed by atoms with Gasteiger partial charge in [-0.25, -0.2) is 0 Å². The van der Waals surface area contributed by atoms with E-state index in [0.29, 0.717) is 11.3 Å². The molecule has 0 N–H and O–H groups in total. The largest absolute Gasteiger partial charge is 0.272 e. The van der Waals surface area contributed by atoms with E-state index in [1.165, 1.54) is 0 Å². The van der Waals surface area contributed by atoms with Crippen molar-refractivity contribution in [2.45, 2.75) is 0 Å². The van der Waals surface area contributed by atoms with Crippen molar-refractivity contribution in [3.05, 3.63) is 62.1 Å². The molecule has 0 atom stereocenters. The monoisotopic (exact) mass is 320 g/mol. The lowest BCUT2D eigenvalue weighted by Crippen LogP contribution is -1.87. The van der Waals surface area contributed by atoms with E-state index >= 15 is 0 Å². The second-order valence-electron chi connectivity index (χ2n) is 3.87. The Balaban J connectivity index is 2.32. The van der Waals surface area contributed by atoms with Crippen molar-refractivity contribution in [3.63, 3.8) is 0 Å². The van der Waals surface area contributed by atoms with E-state index in [9.17, 15) is 10.1 Å². The van der Waals surface area contributed by atoms with Gasteiger partial charge < -0.3 is 0 Å². The maximum Gasteiger partial charge on any atom is 0.272 e. The quantitative estimate of drug-likeness (QED) is 0.442. The minimum atomic E-state index is -0.598. The van der Waals surface area contributed by atoms with E-state index in [1.54, 1.807) is 24.3 Å². The molecule has 21 heavy (non-hydrogen) atoms. The number of hydrogen-bond donors (Lipinski definition) is 0. The van der Waals surface area contributed by atoms with Crippen LogP contribution in [-0.2, 0) is 0 Å². The second-order valence-corrected chi connectivity index (χ2v) is 4.69. The van der Waals surface area contributed by atoms with Crippen molar-refractivity contribution in [3.8, 4) is 6.07 Å². The Hall–Kier alpha value is -2.49. The smallest absolute Gasteiger partial charge is 0.258 e. The number of azo groups is 1. The first-order chi connectivity index (χ1) is 10.0. The molecule has 0 fully saturated rings. The normalized spacial score (nSPS) is 10.5. The van der Waals surface area contributed by atoms with E-state index in [-0.39, 0.29) is 21.4 Å². The fraction of sp³-hybridized carbons (Fsp3) is 0. The van der Waals surface area contributed by atoms with E-state index in [2.05, 4.69) is 10.2 Å². The topological polar surface area (TPSA) is 91.7 Å². The first kappa shape index (κ1) is 14.9. The number of benzene rings is 2. The summed E-state index contributed by atoms with van der Waals surface area (Å²) in [7, 11) is 0. The van der Waals surface area contributed by atoms with Gasteiger partial charge in [0.05, 0.1) is 32.3 Å². The highest BCUT2D eigenvalue weighted by Gasteiger charge is 2.14. The molecular weight excluding hydrogens is 315 g/mol. The lowest BCUT2D eigenvalue weighted by atomic mass is 10.2. The highest BCUT2D eigenvalue weighted by atomic mass is 35.5. The van der Waals surface area contributed by atoms with Crippen LogP contribution in [0.15, 0.2) is 46.6 Å². The van der Waals surface area contributed by atoms with Gasteiger partial charge in [-0.15, -0.1) is 5.11 Å². The number of nitro benzene ring substituents is 1. The summed E-state index contributed by atoms with van der Waals surface area (Å²) >= 11 is 11.8. The third kappa shape index (κ3) is 3.54. The first-order valence-electron chi connectivity index (χ1n) is 5.56. The summed E-state index contributed by atoms with van der Waals surface area (Å²) in [5.41, 5.74) is 0.926. The van der Waals surface area contributed by atoms with E-state index in [1.807, 2.05) is 6.07 Å². The van der Waals surface area contributed by atoms with E-state index in [0.717, 1.165) is 12.1 Å². The summed E-state index contributed by atoms with van der Waals surface area (Å²) in [4.78, 5) is 10.1. The van der Waals surface area contributed by atoms with Gasteiger partial charge >= 0.3 is 0 Å². The molecule has 6 nitrogen and oxygen atoms in total. The molecule has 0 heterocycles. The fourth-order valence-electron chi connectivity index (χ4n) is 1.46. The minimum Gasteiger partial charge on any atom is -0.258 e. The van der Waals surface area contributed by atoms with Crippen LogP contribution in [0.5, 0.6) is 0 Å². The Morgan fingerprint density at radius 3 is 2.14 bits per heavy atom. The predicted molar refractivity (Wildman–Crippen MR) is 78.4 cm³/mol. The SMILES string of the molecule is N#Cc1ccc(N=Nc2c(Cl)cc([N+](=O)[O-])cc2Cl)cc1. The summed E-state index contributed by atoms with van der Waals surface area (Å²) in [5, 5.41) is 27.2. The Bertz CT molecular complexity index is 744. The van der Waals surface area contributed by atoms with Crippen LogP contribution in [0, 0.1) is 21.4 Å². The van der Waals surface area contributed by atoms with Crippen LogP contribution < -0.4 is 0 Å². The number of nitrogens with zero attached hydrogens (tertiary/aromatic N) is 4. The number of hydrogen-bond acceptors (Lipinski definition) is 5. The molecule has 0 saturated carbocycles. The average molecular weight is 321 g/mol. The zero-order valence-corrected chi connectivity index (χ0v) is 11.8. The molecule has 0 amide bonds. The maximum absolute atomic E-state index is 10.7. The Morgan fingerprint density at radius 1 is 1.10 bits per heavy atom. The molecule has 104 valence electrons. The molecule has 2 aromatic rings. The van der Waals surface area contributed by atoms with Gasteiger partial charge in [0.25, 0.3) is 5.69 Å². The molecule has 0 aliphatic heterocycles.